The van der Waals surface area contributed by atoms with Crippen LogP contribution in [0, 0.1) is 0 Å². The van der Waals surface area contributed by atoms with Crippen molar-refractivity contribution in [1.82, 2.24) is 16.0 Å². The minimum atomic E-state index is -1.51. The SMILES string of the molecule is NCCCC[C@H](NC(=O)[C@@H](N)Cc1ccc(O)cc1)C(=O)N[C@@H](CC(N)=O)C(=O)N[C@@H](CCCN=C(N)N)C(=O)O. The summed E-state index contributed by atoms with van der Waals surface area (Å²) in [6.07, 6.45) is 0.829. The molecule has 15 N–H and O–H groups in total. The number of hydrogen-bond donors (Lipinski definition) is 10. The molecule has 0 aliphatic rings. The number of aromatic hydroxyl groups is 1. The molecule has 41 heavy (non-hydrogen) atoms. The van der Waals surface area contributed by atoms with Gasteiger partial charge >= 0.3 is 5.97 Å². The van der Waals surface area contributed by atoms with Gasteiger partial charge < -0.3 is 54.8 Å². The molecule has 228 valence electrons. The van der Waals surface area contributed by atoms with Crippen LogP contribution in [0.25, 0.3) is 0 Å². The number of nitrogens with one attached hydrogen (secondary N) is 3. The first-order valence-corrected chi connectivity index (χ1v) is 13.0. The summed E-state index contributed by atoms with van der Waals surface area (Å²) in [5.74, 6) is -4.78. The lowest BCUT2D eigenvalue weighted by Crippen LogP contribution is -2.57. The van der Waals surface area contributed by atoms with Crippen molar-refractivity contribution >= 4 is 35.6 Å². The first-order chi connectivity index (χ1) is 19.3. The Morgan fingerprint density at radius 3 is 1.93 bits per heavy atom. The largest absolute Gasteiger partial charge is 0.508 e. The van der Waals surface area contributed by atoms with Crippen molar-refractivity contribution in [3.05, 3.63) is 29.8 Å². The maximum absolute atomic E-state index is 13.2. The molecule has 0 fully saturated rings. The zero-order chi connectivity index (χ0) is 30.9. The molecule has 0 saturated carbocycles. The highest BCUT2D eigenvalue weighted by molar-refractivity contribution is 5.96. The van der Waals surface area contributed by atoms with E-state index in [1.165, 1.54) is 12.1 Å². The number of hydrogen-bond acceptors (Lipinski definition) is 9. The maximum Gasteiger partial charge on any atom is 0.326 e. The molecule has 1 aromatic rings. The summed E-state index contributed by atoms with van der Waals surface area (Å²) in [5, 5.41) is 26.2. The molecule has 16 nitrogen and oxygen atoms in total. The summed E-state index contributed by atoms with van der Waals surface area (Å²) in [4.78, 5) is 65.9. The Morgan fingerprint density at radius 1 is 0.805 bits per heavy atom. The van der Waals surface area contributed by atoms with Gasteiger partial charge in [-0.15, -0.1) is 0 Å². The van der Waals surface area contributed by atoms with Gasteiger partial charge in [-0.2, -0.15) is 0 Å². The van der Waals surface area contributed by atoms with Crippen molar-refractivity contribution in [3.8, 4) is 5.75 Å². The predicted molar refractivity (Wildman–Crippen MR) is 150 cm³/mol. The number of carbonyl (C=O) groups is 5. The number of phenols is 1. The molecule has 4 atom stereocenters. The van der Waals surface area contributed by atoms with Crippen molar-refractivity contribution in [2.24, 2.45) is 33.7 Å². The van der Waals surface area contributed by atoms with E-state index in [0.717, 1.165) is 0 Å². The number of aliphatic imine (C=N–C) groups is 1. The van der Waals surface area contributed by atoms with E-state index in [1.807, 2.05) is 0 Å². The molecule has 0 aliphatic carbocycles. The standard InChI is InChI=1S/C25H41N9O7/c26-10-2-1-4-17(32-21(37)16(27)12-14-6-8-15(35)9-7-14)22(38)34-19(13-20(28)36)23(39)33-18(24(40)41)5-3-11-31-25(29)30/h6-9,16-19,35H,1-5,10-13,26-27H2,(H2,28,36)(H,32,37)(H,33,39)(H,34,38)(H,40,41)(H4,29,30,31)/t16-,17-,18-,19-/m0/s1. The molecule has 0 spiro atoms. The van der Waals surface area contributed by atoms with Crippen LogP contribution in [0.15, 0.2) is 29.3 Å². The van der Waals surface area contributed by atoms with Crippen LogP contribution < -0.4 is 44.6 Å². The third-order valence-corrected chi connectivity index (χ3v) is 5.91. The average Bonchev–Trinajstić information content (AvgIpc) is 2.89. The van der Waals surface area contributed by atoms with Crippen molar-refractivity contribution in [1.29, 1.82) is 0 Å². The van der Waals surface area contributed by atoms with Gasteiger partial charge in [-0.3, -0.25) is 24.2 Å². The van der Waals surface area contributed by atoms with E-state index < -0.39 is 60.2 Å². The summed E-state index contributed by atoms with van der Waals surface area (Å²) in [7, 11) is 0. The lowest BCUT2D eigenvalue weighted by Gasteiger charge is -2.25. The quantitative estimate of drug-likeness (QED) is 0.0443. The van der Waals surface area contributed by atoms with E-state index in [9.17, 15) is 34.2 Å². The molecular formula is C25H41N9O7. The topological polar surface area (TPSA) is 304 Å². The molecule has 0 aromatic heterocycles. The van der Waals surface area contributed by atoms with Crippen molar-refractivity contribution < 1.29 is 34.2 Å². The number of nitrogens with zero attached hydrogens (tertiary/aromatic N) is 1. The average molecular weight is 580 g/mol. The predicted octanol–water partition coefficient (Wildman–Crippen LogP) is -3.14. The molecule has 0 heterocycles. The Hall–Kier alpha value is -4.44. The van der Waals surface area contributed by atoms with Crippen LogP contribution in [0.1, 0.15) is 44.1 Å². The Balaban J connectivity index is 2.96. The third-order valence-electron chi connectivity index (χ3n) is 5.91. The molecule has 0 saturated heterocycles. The number of carboxylic acids is 1. The zero-order valence-corrected chi connectivity index (χ0v) is 22.8. The molecule has 0 aliphatic heterocycles. The second kappa shape index (κ2) is 18.0. The van der Waals surface area contributed by atoms with E-state index in [-0.39, 0.29) is 43.9 Å². The smallest absolute Gasteiger partial charge is 0.326 e. The minimum Gasteiger partial charge on any atom is -0.508 e. The van der Waals surface area contributed by atoms with Gasteiger partial charge in [0, 0.05) is 6.54 Å². The number of guanidine groups is 1. The number of phenolic OH excluding ortho intramolecular Hbond substituents is 1. The molecule has 1 aromatic carbocycles. The number of amides is 4. The monoisotopic (exact) mass is 579 g/mol. The molecule has 0 unspecified atom stereocenters. The molecule has 0 radical (unpaired) electrons. The second-order valence-electron chi connectivity index (χ2n) is 9.40. The highest BCUT2D eigenvalue weighted by Crippen LogP contribution is 2.11. The number of rotatable bonds is 19. The van der Waals surface area contributed by atoms with Gasteiger partial charge in [0.05, 0.1) is 12.5 Å². The Bertz CT molecular complexity index is 1060. The summed E-state index contributed by atoms with van der Waals surface area (Å²) in [6.45, 7) is 0.470. The number of unbranched alkanes of at least 4 members (excludes halogenated alkanes) is 1. The number of benzene rings is 1. The molecular weight excluding hydrogens is 538 g/mol. The van der Waals surface area contributed by atoms with Crippen LogP contribution in [-0.4, -0.2) is 83.0 Å². The van der Waals surface area contributed by atoms with Gasteiger partial charge in [0.1, 0.15) is 23.9 Å². The Morgan fingerprint density at radius 2 is 1.37 bits per heavy atom. The number of primary amides is 1. The summed E-state index contributed by atoms with van der Waals surface area (Å²) in [5.41, 5.74) is 28.0. The van der Waals surface area contributed by atoms with Crippen LogP contribution in [-0.2, 0) is 30.4 Å². The van der Waals surface area contributed by atoms with Gasteiger partial charge in [0.2, 0.25) is 23.6 Å². The van der Waals surface area contributed by atoms with E-state index in [2.05, 4.69) is 20.9 Å². The molecule has 0 bridgehead atoms. The van der Waals surface area contributed by atoms with Crippen molar-refractivity contribution in [3.63, 3.8) is 0 Å². The second-order valence-corrected chi connectivity index (χ2v) is 9.40. The summed E-state index contributed by atoms with van der Waals surface area (Å²) in [6, 6.07) is 1.05. The summed E-state index contributed by atoms with van der Waals surface area (Å²) >= 11 is 0. The van der Waals surface area contributed by atoms with E-state index in [0.29, 0.717) is 24.9 Å². The van der Waals surface area contributed by atoms with Gasteiger partial charge in [0.15, 0.2) is 5.96 Å². The van der Waals surface area contributed by atoms with Crippen molar-refractivity contribution in [2.75, 3.05) is 13.1 Å². The Kier molecular flexibility index (Phi) is 15.2. The fourth-order valence-corrected chi connectivity index (χ4v) is 3.74. The molecule has 16 heteroatoms. The number of aliphatic carboxylic acids is 1. The van der Waals surface area contributed by atoms with Crippen molar-refractivity contribution in [2.45, 2.75) is 69.1 Å². The number of nitrogens with two attached hydrogens (primary N) is 5. The lowest BCUT2D eigenvalue weighted by molar-refractivity contribution is -0.142. The number of carboxylic acid groups (broad SMARTS) is 1. The lowest BCUT2D eigenvalue weighted by atomic mass is 10.0. The highest BCUT2D eigenvalue weighted by atomic mass is 16.4. The van der Waals surface area contributed by atoms with Gasteiger partial charge in [-0.05, 0) is 62.8 Å². The van der Waals surface area contributed by atoms with Crippen LogP contribution in [0.3, 0.4) is 0 Å². The van der Waals surface area contributed by atoms with Crippen LogP contribution in [0.2, 0.25) is 0 Å². The fourth-order valence-electron chi connectivity index (χ4n) is 3.74. The van der Waals surface area contributed by atoms with E-state index in [1.54, 1.807) is 12.1 Å². The Labute approximate surface area is 237 Å². The third kappa shape index (κ3) is 14.0. The van der Waals surface area contributed by atoms with E-state index >= 15 is 0 Å². The molecule has 4 amide bonds. The molecule has 1 rings (SSSR count). The van der Waals surface area contributed by atoms with Crippen LogP contribution in [0.5, 0.6) is 5.75 Å². The first-order valence-electron chi connectivity index (χ1n) is 13.0. The fraction of sp³-hybridized carbons (Fsp3) is 0.520. The van der Waals surface area contributed by atoms with Gasteiger partial charge in [0.25, 0.3) is 0 Å². The van der Waals surface area contributed by atoms with Crippen LogP contribution in [0.4, 0.5) is 0 Å². The highest BCUT2D eigenvalue weighted by Gasteiger charge is 2.31. The normalized spacial score (nSPS) is 13.6. The summed E-state index contributed by atoms with van der Waals surface area (Å²) < 4.78 is 0. The van der Waals surface area contributed by atoms with Crippen LogP contribution >= 0.6 is 0 Å². The zero-order valence-electron chi connectivity index (χ0n) is 22.8. The first kappa shape index (κ1) is 34.6. The van der Waals surface area contributed by atoms with Gasteiger partial charge in [-0.25, -0.2) is 4.79 Å². The minimum absolute atomic E-state index is 0.0359. The maximum atomic E-state index is 13.2. The van der Waals surface area contributed by atoms with Gasteiger partial charge in [-0.1, -0.05) is 12.1 Å². The van der Waals surface area contributed by atoms with E-state index in [4.69, 9.17) is 28.7 Å². The number of carbonyl (C=O) groups excluding carboxylic acids is 4.